The monoisotopic (exact) mass is 444 g/mol. The molecule has 0 aromatic heterocycles. The molecule has 168 valence electrons. The van der Waals surface area contributed by atoms with E-state index in [9.17, 15) is 23.5 Å². The molecule has 11 heteroatoms. The van der Waals surface area contributed by atoms with Gasteiger partial charge in [-0.15, -0.1) is 0 Å². The van der Waals surface area contributed by atoms with Crippen molar-refractivity contribution in [2.24, 2.45) is 4.99 Å². The third-order valence-electron chi connectivity index (χ3n) is 5.13. The molecule has 0 saturated carbocycles. The molecule has 0 bridgehead atoms. The zero-order valence-corrected chi connectivity index (χ0v) is 19.1. The first-order valence-corrected chi connectivity index (χ1v) is 11.3. The number of ether oxygens (including phenoxy) is 1. The summed E-state index contributed by atoms with van der Waals surface area (Å²) in [6.07, 6.45) is -0.885. The lowest BCUT2D eigenvalue weighted by molar-refractivity contribution is -0.385. The van der Waals surface area contributed by atoms with Crippen LogP contribution in [0.2, 0.25) is 0 Å². The number of aliphatic imine (C=N–C) groups is 1. The Morgan fingerprint density at radius 2 is 1.97 bits per heavy atom. The topological polar surface area (TPSA) is 123 Å². The smallest absolute Gasteiger partial charge is 0.435 e. The first-order valence-electron chi connectivity index (χ1n) is 9.37. The van der Waals surface area contributed by atoms with Gasteiger partial charge in [-0.1, -0.05) is 0 Å². The van der Waals surface area contributed by atoms with Crippen molar-refractivity contribution in [1.82, 2.24) is 10.0 Å². The summed E-state index contributed by atoms with van der Waals surface area (Å²) in [5.41, 5.74) is -2.46. The van der Waals surface area contributed by atoms with E-state index in [1.807, 2.05) is 0 Å². The van der Waals surface area contributed by atoms with Crippen LogP contribution in [0.25, 0.3) is 0 Å². The number of thiol groups is 1. The molecular weight excluding hydrogens is 415 g/mol. The van der Waals surface area contributed by atoms with Gasteiger partial charge in [0, 0.05) is 23.4 Å². The van der Waals surface area contributed by atoms with Crippen LogP contribution in [0.4, 0.5) is 14.9 Å². The second kappa shape index (κ2) is 7.69. The van der Waals surface area contributed by atoms with Gasteiger partial charge in [-0.05, 0) is 64.8 Å². The zero-order chi connectivity index (χ0) is 23.1. The Morgan fingerprint density at radius 1 is 1.37 bits per heavy atom. The fraction of sp³-hybridized carbons (Fsp3) is 0.579. The van der Waals surface area contributed by atoms with E-state index < -0.39 is 42.8 Å². The average molecular weight is 445 g/mol. The third kappa shape index (κ3) is 4.51. The van der Waals surface area contributed by atoms with E-state index in [1.54, 1.807) is 41.5 Å². The number of carbonyl (C=O) groups is 1. The summed E-state index contributed by atoms with van der Waals surface area (Å²) in [5, 5.41) is 14.2. The number of nitrogens with one attached hydrogen (secondary N) is 2. The lowest BCUT2D eigenvalue weighted by atomic mass is 9.91. The molecule has 2 rings (SSSR count). The van der Waals surface area contributed by atoms with Gasteiger partial charge in [0.25, 0.3) is 5.69 Å². The van der Waals surface area contributed by atoms with Gasteiger partial charge >= 0.3 is 6.09 Å². The molecule has 0 radical (unpaired) electrons. The van der Waals surface area contributed by atoms with Gasteiger partial charge in [0.15, 0.2) is 0 Å². The van der Waals surface area contributed by atoms with Crippen molar-refractivity contribution in [3.05, 3.63) is 39.7 Å². The van der Waals surface area contributed by atoms with Gasteiger partial charge in [-0.3, -0.25) is 19.0 Å². The van der Waals surface area contributed by atoms with Crippen molar-refractivity contribution < 1.29 is 23.1 Å². The number of rotatable bonds is 3. The number of carbonyl (C=O) groups excluding carboxylic acids is 1. The summed E-state index contributed by atoms with van der Waals surface area (Å²) < 4.78 is 35.5. The maximum atomic E-state index is 14.7. The number of nitrogens with zero attached hydrogens (tertiary/aromatic N) is 2. The lowest BCUT2D eigenvalue weighted by Gasteiger charge is -2.51. The minimum atomic E-state index is -3.29. The number of amidine groups is 1. The predicted molar refractivity (Wildman–Crippen MR) is 115 cm³/mol. The van der Waals surface area contributed by atoms with Gasteiger partial charge in [0.2, 0.25) is 0 Å². The summed E-state index contributed by atoms with van der Waals surface area (Å²) in [7, 11) is -1.78. The number of nitro groups is 1. The molecule has 1 aromatic rings. The molecule has 2 N–H and O–H groups in total. The summed E-state index contributed by atoms with van der Waals surface area (Å²) in [6, 6.07) is 3.16. The van der Waals surface area contributed by atoms with Crippen LogP contribution in [0.1, 0.15) is 47.1 Å². The van der Waals surface area contributed by atoms with Gasteiger partial charge in [-0.2, -0.15) is 4.99 Å². The summed E-state index contributed by atoms with van der Waals surface area (Å²) >= 11 is 0. The van der Waals surface area contributed by atoms with Crippen LogP contribution in [-0.4, -0.2) is 44.2 Å². The highest BCUT2D eigenvalue weighted by atomic mass is 32.3. The van der Waals surface area contributed by atoms with Crippen molar-refractivity contribution >= 4 is 27.7 Å². The molecule has 30 heavy (non-hydrogen) atoms. The van der Waals surface area contributed by atoms with Gasteiger partial charge in [0.05, 0.1) is 15.2 Å². The molecule has 1 heterocycles. The van der Waals surface area contributed by atoms with E-state index in [0.29, 0.717) is 0 Å². The highest BCUT2D eigenvalue weighted by Crippen LogP contribution is 2.39. The molecule has 1 fully saturated rings. The van der Waals surface area contributed by atoms with Crippen LogP contribution in [-0.2, 0) is 20.4 Å². The normalized spacial score (nSPS) is 25.3. The minimum Gasteiger partial charge on any atom is -0.442 e. The molecule has 0 unspecified atom stereocenters. The molecule has 1 saturated heterocycles. The van der Waals surface area contributed by atoms with E-state index in [0.717, 1.165) is 18.2 Å². The molecule has 1 aliphatic rings. The number of hydrogen-bond donors (Lipinski definition) is 3. The van der Waals surface area contributed by atoms with Crippen LogP contribution in [0.5, 0.6) is 0 Å². The van der Waals surface area contributed by atoms with E-state index in [1.165, 1.54) is 7.05 Å². The quantitative estimate of drug-likeness (QED) is 0.374. The lowest BCUT2D eigenvalue weighted by Crippen LogP contribution is -2.70. The second-order valence-corrected chi connectivity index (χ2v) is 12.4. The fourth-order valence-corrected chi connectivity index (χ4v) is 6.07. The predicted octanol–water partition coefficient (Wildman–Crippen LogP) is 2.82. The van der Waals surface area contributed by atoms with Crippen molar-refractivity contribution in [2.75, 3.05) is 12.8 Å². The average Bonchev–Trinajstić information content (AvgIpc) is 2.58. The number of benzene rings is 1. The SMILES string of the molecule is CN[SH]1(=O)C[C@@](C)(c2cc([N+](=O)[O-])ccc2F)N/C(=N/C(=O)OC(C)(C)C)C1(C)C. The van der Waals surface area contributed by atoms with Crippen LogP contribution in [0, 0.1) is 15.9 Å². The Morgan fingerprint density at radius 3 is 2.47 bits per heavy atom. The summed E-state index contributed by atoms with van der Waals surface area (Å²) in [5.74, 6) is -0.710. The molecule has 0 aliphatic carbocycles. The first kappa shape index (κ1) is 23.9. The van der Waals surface area contributed by atoms with Crippen LogP contribution >= 0.6 is 0 Å². The molecule has 1 atom stereocenters. The second-order valence-electron chi connectivity index (χ2n) is 9.00. The molecular formula is C19H29FN4O5S. The Bertz CT molecular complexity index is 957. The zero-order valence-electron chi connectivity index (χ0n) is 18.2. The minimum absolute atomic E-state index is 0.0421. The van der Waals surface area contributed by atoms with Crippen molar-refractivity contribution in [1.29, 1.82) is 0 Å². The molecule has 9 nitrogen and oxygen atoms in total. The van der Waals surface area contributed by atoms with E-state index in [-0.39, 0.29) is 22.8 Å². The standard InChI is InChI=1S/C19H29FN4O5S/c1-17(2,3)29-16(25)22-15-18(4,5)30(28,21-7)11-19(6,23-15)13-10-12(24(26)27)8-9-14(13)20/h8-10,30H,11H2,1-7H3,(H,21,28)(H,22,23,25)/t19-/m0/s1. The Labute approximate surface area is 176 Å². The van der Waals surface area contributed by atoms with Crippen molar-refractivity contribution in [2.45, 2.75) is 57.4 Å². The highest BCUT2D eigenvalue weighted by Gasteiger charge is 2.51. The number of non-ortho nitro benzene ring substituents is 1. The number of hydrogen-bond acceptors (Lipinski definition) is 5. The third-order valence-corrected chi connectivity index (χ3v) is 8.95. The Balaban J connectivity index is 2.64. The number of nitro benzene ring substituents is 1. The van der Waals surface area contributed by atoms with Crippen LogP contribution < -0.4 is 10.0 Å². The highest BCUT2D eigenvalue weighted by molar-refractivity contribution is 8.03. The Kier molecular flexibility index (Phi) is 6.12. The maximum absolute atomic E-state index is 14.7. The fourth-order valence-electron chi connectivity index (χ4n) is 3.37. The van der Waals surface area contributed by atoms with Crippen molar-refractivity contribution in [3.8, 4) is 0 Å². The molecule has 1 amide bonds. The molecule has 0 spiro atoms. The summed E-state index contributed by atoms with van der Waals surface area (Å²) in [4.78, 5) is 26.9. The van der Waals surface area contributed by atoms with Gasteiger partial charge < -0.3 is 10.1 Å². The Hall–Kier alpha value is -2.40. The van der Waals surface area contributed by atoms with E-state index >= 15 is 0 Å². The van der Waals surface area contributed by atoms with Gasteiger partial charge in [-0.25, -0.2) is 9.18 Å². The molecule has 1 aliphatic heterocycles. The number of amides is 1. The maximum Gasteiger partial charge on any atom is 0.435 e. The van der Waals surface area contributed by atoms with Gasteiger partial charge in [0.1, 0.15) is 17.3 Å². The largest absolute Gasteiger partial charge is 0.442 e. The van der Waals surface area contributed by atoms with E-state index in [4.69, 9.17) is 4.74 Å². The number of halogens is 1. The van der Waals surface area contributed by atoms with E-state index in [2.05, 4.69) is 15.0 Å². The summed E-state index contributed by atoms with van der Waals surface area (Å²) in [6.45, 7) is 9.94. The first-order chi connectivity index (χ1) is 13.5. The molecule has 1 aromatic carbocycles. The van der Waals surface area contributed by atoms with Crippen LogP contribution in [0.3, 0.4) is 0 Å². The van der Waals surface area contributed by atoms with Crippen molar-refractivity contribution in [3.63, 3.8) is 0 Å². The van der Waals surface area contributed by atoms with Crippen LogP contribution in [0.15, 0.2) is 23.2 Å².